The average molecular weight is 262 g/mol. The van der Waals surface area contributed by atoms with Gasteiger partial charge in [0.2, 0.25) is 0 Å². The van der Waals surface area contributed by atoms with E-state index in [2.05, 4.69) is 5.32 Å². The first-order chi connectivity index (χ1) is 8.61. The predicted octanol–water partition coefficient (Wildman–Crippen LogP) is 3.68. The van der Waals surface area contributed by atoms with E-state index in [1.807, 2.05) is 6.07 Å². The van der Waals surface area contributed by atoms with Crippen LogP contribution in [0.5, 0.6) is 0 Å². The Morgan fingerprint density at radius 2 is 2.06 bits per heavy atom. The first kappa shape index (κ1) is 12.2. The predicted molar refractivity (Wildman–Crippen MR) is 70.3 cm³/mol. The normalized spacial score (nSPS) is 9.83. The summed E-state index contributed by atoms with van der Waals surface area (Å²) in [5.41, 5.74) is 6.96. The molecular formula is C13H9ClFN3. The second-order valence-electron chi connectivity index (χ2n) is 3.64. The molecule has 0 unspecified atom stereocenters. The molecule has 5 heteroatoms. The van der Waals surface area contributed by atoms with Crippen LogP contribution in [0.1, 0.15) is 5.56 Å². The van der Waals surface area contributed by atoms with Crippen LogP contribution in [0.3, 0.4) is 0 Å². The molecule has 18 heavy (non-hydrogen) atoms. The van der Waals surface area contributed by atoms with E-state index in [1.54, 1.807) is 18.2 Å². The molecule has 0 atom stereocenters. The van der Waals surface area contributed by atoms with Gasteiger partial charge in [-0.15, -0.1) is 0 Å². The highest BCUT2D eigenvalue weighted by atomic mass is 35.5. The van der Waals surface area contributed by atoms with Gasteiger partial charge in [-0.2, -0.15) is 5.26 Å². The number of nitrogens with zero attached hydrogens (tertiary/aromatic N) is 1. The molecule has 0 bridgehead atoms. The summed E-state index contributed by atoms with van der Waals surface area (Å²) in [6, 6.07) is 11.1. The molecule has 0 aliphatic heterocycles. The van der Waals surface area contributed by atoms with E-state index in [1.165, 1.54) is 18.2 Å². The van der Waals surface area contributed by atoms with E-state index in [9.17, 15) is 4.39 Å². The number of halogens is 2. The minimum atomic E-state index is -0.478. The molecule has 0 radical (unpaired) electrons. The number of benzene rings is 2. The maximum atomic E-state index is 13.6. The third-order valence-corrected chi connectivity index (χ3v) is 2.73. The van der Waals surface area contributed by atoms with E-state index >= 15 is 0 Å². The van der Waals surface area contributed by atoms with Crippen LogP contribution in [0.2, 0.25) is 5.02 Å². The number of nitrogens with two attached hydrogens (primary N) is 1. The van der Waals surface area contributed by atoms with Crippen LogP contribution in [0.25, 0.3) is 0 Å². The van der Waals surface area contributed by atoms with Crippen molar-refractivity contribution in [3.63, 3.8) is 0 Å². The molecule has 90 valence electrons. The van der Waals surface area contributed by atoms with Crippen LogP contribution in [-0.4, -0.2) is 0 Å². The molecule has 0 aromatic heterocycles. The van der Waals surface area contributed by atoms with Gasteiger partial charge in [0, 0.05) is 0 Å². The molecule has 2 aromatic carbocycles. The molecule has 2 aromatic rings. The van der Waals surface area contributed by atoms with Crippen LogP contribution in [0.15, 0.2) is 36.4 Å². The van der Waals surface area contributed by atoms with Gasteiger partial charge in [-0.05, 0) is 30.3 Å². The summed E-state index contributed by atoms with van der Waals surface area (Å²) >= 11 is 5.97. The zero-order chi connectivity index (χ0) is 13.1. The lowest BCUT2D eigenvalue weighted by atomic mass is 10.2. The van der Waals surface area contributed by atoms with Crippen LogP contribution in [-0.2, 0) is 0 Å². The highest BCUT2D eigenvalue weighted by Crippen LogP contribution is 2.30. The van der Waals surface area contributed by atoms with Gasteiger partial charge in [0.05, 0.1) is 33.7 Å². The third-order valence-electron chi connectivity index (χ3n) is 2.40. The Hall–Kier alpha value is -2.25. The second kappa shape index (κ2) is 4.94. The first-order valence-corrected chi connectivity index (χ1v) is 5.50. The van der Waals surface area contributed by atoms with Crippen molar-refractivity contribution < 1.29 is 4.39 Å². The number of nitrogen functional groups attached to an aromatic ring is 1. The van der Waals surface area contributed by atoms with Gasteiger partial charge >= 0.3 is 0 Å². The Kier molecular flexibility index (Phi) is 3.35. The lowest BCUT2D eigenvalue weighted by Gasteiger charge is -2.11. The van der Waals surface area contributed by atoms with Crippen molar-refractivity contribution in [1.29, 1.82) is 5.26 Å². The molecule has 0 aliphatic rings. The number of nitriles is 1. The highest BCUT2D eigenvalue weighted by molar-refractivity contribution is 6.33. The smallest absolute Gasteiger partial charge is 0.148 e. The Labute approximate surface area is 109 Å². The molecule has 0 fully saturated rings. The van der Waals surface area contributed by atoms with Crippen LogP contribution >= 0.6 is 11.6 Å². The highest BCUT2D eigenvalue weighted by Gasteiger charge is 2.09. The van der Waals surface area contributed by atoms with Crippen molar-refractivity contribution in [3.8, 4) is 6.07 Å². The number of hydrogen-bond donors (Lipinski definition) is 2. The standard InChI is InChI=1S/C13H9ClFN3/c14-9-5-4-8(7-16)6-12(9)18-13-10(15)2-1-3-11(13)17/h1-6,18H,17H2. The van der Waals surface area contributed by atoms with E-state index in [0.29, 0.717) is 16.3 Å². The summed E-state index contributed by atoms with van der Waals surface area (Å²) in [5, 5.41) is 12.0. The van der Waals surface area contributed by atoms with Gasteiger partial charge in [-0.3, -0.25) is 0 Å². The van der Waals surface area contributed by atoms with Gasteiger partial charge in [-0.1, -0.05) is 17.7 Å². The van der Waals surface area contributed by atoms with Crippen molar-refractivity contribution in [2.75, 3.05) is 11.1 Å². The van der Waals surface area contributed by atoms with E-state index < -0.39 is 5.82 Å². The third kappa shape index (κ3) is 2.36. The maximum Gasteiger partial charge on any atom is 0.148 e. The van der Waals surface area contributed by atoms with Crippen molar-refractivity contribution in [2.24, 2.45) is 0 Å². The van der Waals surface area contributed by atoms with Crippen molar-refractivity contribution in [2.45, 2.75) is 0 Å². The Bertz CT molecular complexity index is 614. The zero-order valence-corrected chi connectivity index (χ0v) is 10.0. The molecule has 0 amide bonds. The molecule has 0 saturated carbocycles. The maximum absolute atomic E-state index is 13.6. The molecule has 0 aliphatic carbocycles. The number of hydrogen-bond acceptors (Lipinski definition) is 3. The van der Waals surface area contributed by atoms with Crippen LogP contribution in [0, 0.1) is 17.1 Å². The summed E-state index contributed by atoms with van der Waals surface area (Å²) in [5.74, 6) is -0.478. The first-order valence-electron chi connectivity index (χ1n) is 5.12. The van der Waals surface area contributed by atoms with Gasteiger partial charge in [0.15, 0.2) is 0 Å². The molecule has 0 saturated heterocycles. The van der Waals surface area contributed by atoms with E-state index in [4.69, 9.17) is 22.6 Å². The van der Waals surface area contributed by atoms with Crippen molar-refractivity contribution in [1.82, 2.24) is 0 Å². The summed E-state index contributed by atoms with van der Waals surface area (Å²) in [4.78, 5) is 0. The van der Waals surface area contributed by atoms with Crippen LogP contribution < -0.4 is 11.1 Å². The minimum absolute atomic E-state index is 0.148. The zero-order valence-electron chi connectivity index (χ0n) is 9.24. The molecule has 0 heterocycles. The van der Waals surface area contributed by atoms with E-state index in [0.717, 1.165) is 0 Å². The van der Waals surface area contributed by atoms with Crippen molar-refractivity contribution in [3.05, 3.63) is 52.8 Å². The summed E-state index contributed by atoms with van der Waals surface area (Å²) in [7, 11) is 0. The number of nitrogens with one attached hydrogen (secondary N) is 1. The summed E-state index contributed by atoms with van der Waals surface area (Å²) in [6.07, 6.45) is 0. The largest absolute Gasteiger partial charge is 0.397 e. The lowest BCUT2D eigenvalue weighted by Crippen LogP contribution is -1.99. The SMILES string of the molecule is N#Cc1ccc(Cl)c(Nc2c(N)cccc2F)c1. The monoisotopic (exact) mass is 261 g/mol. The fourth-order valence-electron chi connectivity index (χ4n) is 1.50. The topological polar surface area (TPSA) is 61.8 Å². The second-order valence-corrected chi connectivity index (χ2v) is 4.04. The molecule has 3 N–H and O–H groups in total. The molecule has 2 rings (SSSR count). The Balaban J connectivity index is 2.43. The quantitative estimate of drug-likeness (QED) is 0.811. The average Bonchev–Trinajstić information content (AvgIpc) is 2.36. The van der Waals surface area contributed by atoms with E-state index in [-0.39, 0.29) is 11.4 Å². The molecule has 0 spiro atoms. The number of para-hydroxylation sites is 1. The summed E-state index contributed by atoms with van der Waals surface area (Å²) in [6.45, 7) is 0. The fraction of sp³-hybridized carbons (Fsp3) is 0. The van der Waals surface area contributed by atoms with Gasteiger partial charge < -0.3 is 11.1 Å². The van der Waals surface area contributed by atoms with Gasteiger partial charge in [0.1, 0.15) is 5.82 Å². The molecular weight excluding hydrogens is 253 g/mol. The number of anilines is 3. The van der Waals surface area contributed by atoms with Gasteiger partial charge in [-0.25, -0.2) is 4.39 Å². The molecule has 3 nitrogen and oxygen atoms in total. The van der Waals surface area contributed by atoms with Crippen LogP contribution in [0.4, 0.5) is 21.5 Å². The van der Waals surface area contributed by atoms with Crippen molar-refractivity contribution >= 4 is 28.7 Å². The Morgan fingerprint density at radius 1 is 1.28 bits per heavy atom. The minimum Gasteiger partial charge on any atom is -0.397 e. The fourth-order valence-corrected chi connectivity index (χ4v) is 1.66. The van der Waals surface area contributed by atoms with Gasteiger partial charge in [0.25, 0.3) is 0 Å². The summed E-state index contributed by atoms with van der Waals surface area (Å²) < 4.78 is 13.6. The lowest BCUT2D eigenvalue weighted by molar-refractivity contribution is 0.632. The number of rotatable bonds is 2. The Morgan fingerprint density at radius 3 is 2.72 bits per heavy atom.